The minimum atomic E-state index is -1.03. The molecular weight excluding hydrogens is 360 g/mol. The maximum Gasteiger partial charge on any atom is 0.323 e. The predicted molar refractivity (Wildman–Crippen MR) is 96.2 cm³/mol. The maximum atomic E-state index is 12.4. The molecule has 0 radical (unpaired) electrons. The second-order valence-electron chi connectivity index (χ2n) is 6.25. The molecule has 0 aromatic heterocycles. The third kappa shape index (κ3) is 5.91. The van der Waals surface area contributed by atoms with Crippen molar-refractivity contribution in [3.05, 3.63) is 29.3 Å². The van der Waals surface area contributed by atoms with Crippen LogP contribution in [0, 0.1) is 0 Å². The Morgan fingerprint density at radius 2 is 2.08 bits per heavy atom. The molecule has 1 N–H and O–H groups in total. The molecule has 1 aliphatic rings. The molecule has 7 nitrogen and oxygen atoms in total. The van der Waals surface area contributed by atoms with Crippen LogP contribution < -0.4 is 4.74 Å². The Bertz CT molecular complexity index is 667. The highest BCUT2D eigenvalue weighted by Crippen LogP contribution is 2.19. The van der Waals surface area contributed by atoms with E-state index in [4.69, 9.17) is 21.4 Å². The number of hydrogen-bond acceptors (Lipinski definition) is 4. The average Bonchev–Trinajstić information content (AvgIpc) is 2.83. The van der Waals surface area contributed by atoms with Gasteiger partial charge >= 0.3 is 5.97 Å². The van der Waals surface area contributed by atoms with E-state index in [0.717, 1.165) is 0 Å². The largest absolute Gasteiger partial charge is 0.484 e. The molecular formula is C18H23ClN2O5. The number of nitrogens with zero attached hydrogens (tertiary/aromatic N) is 2. The first-order valence-corrected chi connectivity index (χ1v) is 8.89. The van der Waals surface area contributed by atoms with Crippen LogP contribution in [-0.4, -0.2) is 65.0 Å². The maximum absolute atomic E-state index is 12.4. The van der Waals surface area contributed by atoms with Crippen LogP contribution in [0.1, 0.15) is 26.2 Å². The van der Waals surface area contributed by atoms with Crippen molar-refractivity contribution < 1.29 is 24.2 Å². The highest BCUT2D eigenvalue weighted by Gasteiger charge is 2.27. The number of rotatable bonds is 6. The van der Waals surface area contributed by atoms with E-state index in [9.17, 15) is 14.4 Å². The van der Waals surface area contributed by atoms with Gasteiger partial charge in [0.05, 0.1) is 0 Å². The van der Waals surface area contributed by atoms with Crippen LogP contribution in [0.15, 0.2) is 24.3 Å². The van der Waals surface area contributed by atoms with Gasteiger partial charge in [0, 0.05) is 31.1 Å². The number of carboxylic acid groups (broad SMARTS) is 1. The van der Waals surface area contributed by atoms with Crippen LogP contribution in [0.5, 0.6) is 5.75 Å². The summed E-state index contributed by atoms with van der Waals surface area (Å²) in [6, 6.07) is 6.67. The molecule has 0 aliphatic carbocycles. The number of aliphatic carboxylic acids is 1. The topological polar surface area (TPSA) is 87.2 Å². The molecule has 1 saturated heterocycles. The summed E-state index contributed by atoms with van der Waals surface area (Å²) in [4.78, 5) is 38.2. The number of carbonyl (C=O) groups is 3. The third-order valence-corrected chi connectivity index (χ3v) is 4.59. The molecule has 26 heavy (non-hydrogen) atoms. The van der Waals surface area contributed by atoms with E-state index in [0.29, 0.717) is 43.1 Å². The SMILES string of the molecule is CC(=O)N(CC(=O)O)C1CCCN(C(=O)COc2cccc(Cl)c2)CC1. The summed E-state index contributed by atoms with van der Waals surface area (Å²) in [7, 11) is 0. The Hall–Kier alpha value is -2.28. The van der Waals surface area contributed by atoms with Gasteiger partial charge in [0.25, 0.3) is 5.91 Å². The molecule has 1 unspecified atom stereocenters. The Morgan fingerprint density at radius 1 is 1.31 bits per heavy atom. The molecule has 1 atom stereocenters. The van der Waals surface area contributed by atoms with Crippen molar-refractivity contribution in [3.8, 4) is 5.75 Å². The molecule has 1 aromatic carbocycles. The molecule has 1 heterocycles. The lowest BCUT2D eigenvalue weighted by atomic mass is 10.1. The quantitative estimate of drug-likeness (QED) is 0.813. The van der Waals surface area contributed by atoms with Gasteiger partial charge in [-0.2, -0.15) is 0 Å². The van der Waals surface area contributed by atoms with E-state index in [1.54, 1.807) is 29.2 Å². The van der Waals surface area contributed by atoms with Gasteiger partial charge in [0.1, 0.15) is 12.3 Å². The second-order valence-corrected chi connectivity index (χ2v) is 6.69. The summed E-state index contributed by atoms with van der Waals surface area (Å²) in [5.74, 6) is -0.908. The van der Waals surface area contributed by atoms with Crippen molar-refractivity contribution in [1.29, 1.82) is 0 Å². The van der Waals surface area contributed by atoms with Gasteiger partial charge in [0.15, 0.2) is 6.61 Å². The Morgan fingerprint density at radius 3 is 2.73 bits per heavy atom. The summed E-state index contributed by atoms with van der Waals surface area (Å²) in [5, 5.41) is 9.52. The second kappa shape index (κ2) is 9.43. The summed E-state index contributed by atoms with van der Waals surface area (Å²) >= 11 is 5.89. The Kier molecular flexibility index (Phi) is 7.26. The van der Waals surface area contributed by atoms with Crippen LogP contribution in [0.2, 0.25) is 5.02 Å². The van der Waals surface area contributed by atoms with Crippen LogP contribution in [0.3, 0.4) is 0 Å². The highest BCUT2D eigenvalue weighted by atomic mass is 35.5. The van der Waals surface area contributed by atoms with Crippen LogP contribution >= 0.6 is 11.6 Å². The molecule has 2 rings (SSSR count). The monoisotopic (exact) mass is 382 g/mol. The van der Waals surface area contributed by atoms with E-state index in [-0.39, 0.29) is 31.0 Å². The first-order chi connectivity index (χ1) is 12.4. The number of halogens is 1. The molecule has 0 saturated carbocycles. The number of hydrogen-bond donors (Lipinski definition) is 1. The zero-order valence-electron chi connectivity index (χ0n) is 14.7. The third-order valence-electron chi connectivity index (χ3n) is 4.36. The lowest BCUT2D eigenvalue weighted by Crippen LogP contribution is -2.43. The smallest absolute Gasteiger partial charge is 0.323 e. The van der Waals surface area contributed by atoms with Crippen LogP contribution in [-0.2, 0) is 14.4 Å². The lowest BCUT2D eigenvalue weighted by molar-refractivity contribution is -0.145. The Balaban J connectivity index is 1.89. The van der Waals surface area contributed by atoms with Crippen molar-refractivity contribution in [3.63, 3.8) is 0 Å². The highest BCUT2D eigenvalue weighted by molar-refractivity contribution is 6.30. The number of amides is 2. The van der Waals surface area contributed by atoms with E-state index in [1.165, 1.54) is 11.8 Å². The fourth-order valence-corrected chi connectivity index (χ4v) is 3.26. The van der Waals surface area contributed by atoms with E-state index in [1.807, 2.05) is 0 Å². The lowest BCUT2D eigenvalue weighted by Gasteiger charge is -2.28. The van der Waals surface area contributed by atoms with E-state index >= 15 is 0 Å². The minimum absolute atomic E-state index is 0.0867. The van der Waals surface area contributed by atoms with E-state index in [2.05, 4.69) is 0 Å². The first-order valence-electron chi connectivity index (χ1n) is 8.52. The van der Waals surface area contributed by atoms with Crippen LogP contribution in [0.25, 0.3) is 0 Å². The predicted octanol–water partition coefficient (Wildman–Crippen LogP) is 2.03. The normalized spacial score (nSPS) is 17.3. The number of ether oxygens (including phenoxy) is 1. The average molecular weight is 383 g/mol. The number of carboxylic acids is 1. The zero-order valence-corrected chi connectivity index (χ0v) is 15.4. The van der Waals surface area contributed by atoms with Crippen molar-refractivity contribution in [2.24, 2.45) is 0 Å². The number of carbonyl (C=O) groups excluding carboxylic acids is 2. The molecule has 0 bridgehead atoms. The number of likely N-dealkylation sites (tertiary alicyclic amines) is 1. The van der Waals surface area contributed by atoms with Gasteiger partial charge in [-0.1, -0.05) is 17.7 Å². The van der Waals surface area contributed by atoms with Gasteiger partial charge in [-0.25, -0.2) is 0 Å². The summed E-state index contributed by atoms with van der Waals surface area (Å²) in [6.45, 7) is 2.00. The van der Waals surface area contributed by atoms with Crippen molar-refractivity contribution in [2.45, 2.75) is 32.2 Å². The zero-order chi connectivity index (χ0) is 19.1. The van der Waals surface area contributed by atoms with Crippen LogP contribution in [0.4, 0.5) is 0 Å². The van der Waals surface area contributed by atoms with Crippen molar-refractivity contribution in [1.82, 2.24) is 9.80 Å². The van der Waals surface area contributed by atoms with Crippen molar-refractivity contribution in [2.75, 3.05) is 26.2 Å². The van der Waals surface area contributed by atoms with Gasteiger partial charge in [-0.15, -0.1) is 0 Å². The van der Waals surface area contributed by atoms with E-state index < -0.39 is 5.97 Å². The summed E-state index contributed by atoms with van der Waals surface area (Å²) in [5.41, 5.74) is 0. The van der Waals surface area contributed by atoms with Gasteiger partial charge < -0.3 is 19.6 Å². The van der Waals surface area contributed by atoms with Gasteiger partial charge in [0.2, 0.25) is 5.91 Å². The molecule has 0 spiro atoms. The summed E-state index contributed by atoms with van der Waals surface area (Å²) in [6.07, 6.45) is 1.93. The van der Waals surface area contributed by atoms with Gasteiger partial charge in [-0.3, -0.25) is 14.4 Å². The minimum Gasteiger partial charge on any atom is -0.484 e. The summed E-state index contributed by atoms with van der Waals surface area (Å²) < 4.78 is 5.49. The fourth-order valence-electron chi connectivity index (χ4n) is 3.08. The molecule has 1 aliphatic heterocycles. The molecule has 8 heteroatoms. The van der Waals surface area contributed by atoms with Gasteiger partial charge in [-0.05, 0) is 37.5 Å². The standard InChI is InChI=1S/C18H23ClN2O5/c1-13(22)21(11-18(24)25)15-5-3-8-20(9-7-15)17(23)12-26-16-6-2-4-14(19)10-16/h2,4,6,10,15H,3,5,7-9,11-12H2,1H3,(H,24,25). The molecule has 1 aromatic rings. The fraction of sp³-hybridized carbons (Fsp3) is 0.500. The Labute approximate surface area is 157 Å². The van der Waals surface area contributed by atoms with Crippen molar-refractivity contribution >= 4 is 29.4 Å². The molecule has 142 valence electrons. The molecule has 1 fully saturated rings. The molecule has 2 amide bonds. The first kappa shape index (κ1) is 20.0. The number of benzene rings is 1.